The summed E-state index contributed by atoms with van der Waals surface area (Å²) in [6, 6.07) is 2.65. The SMILES string of the molecule is Cc1ccsc1C(CN)N1CCCC(C(C)(C)C)CC1. The van der Waals surface area contributed by atoms with E-state index < -0.39 is 0 Å². The maximum atomic E-state index is 6.10. The second-order valence-electron chi connectivity index (χ2n) is 7.25. The molecule has 2 atom stereocenters. The van der Waals surface area contributed by atoms with Gasteiger partial charge in [-0.15, -0.1) is 11.3 Å². The van der Waals surface area contributed by atoms with Crippen LogP contribution < -0.4 is 5.73 Å². The monoisotopic (exact) mass is 294 g/mol. The first-order valence-corrected chi connectivity index (χ1v) is 8.79. The summed E-state index contributed by atoms with van der Waals surface area (Å²) < 4.78 is 0. The second kappa shape index (κ2) is 6.59. The van der Waals surface area contributed by atoms with Gasteiger partial charge in [-0.3, -0.25) is 4.90 Å². The number of nitrogens with two attached hydrogens (primary N) is 1. The summed E-state index contributed by atoms with van der Waals surface area (Å²) in [5.74, 6) is 0.843. The number of hydrogen-bond acceptors (Lipinski definition) is 3. The van der Waals surface area contributed by atoms with E-state index in [1.54, 1.807) is 0 Å². The lowest BCUT2D eigenvalue weighted by atomic mass is 9.77. The van der Waals surface area contributed by atoms with Gasteiger partial charge in [0.2, 0.25) is 0 Å². The number of hydrogen-bond donors (Lipinski definition) is 1. The van der Waals surface area contributed by atoms with E-state index in [9.17, 15) is 0 Å². The molecule has 0 bridgehead atoms. The molecule has 1 aromatic heterocycles. The average molecular weight is 295 g/mol. The largest absolute Gasteiger partial charge is 0.329 e. The van der Waals surface area contributed by atoms with Crippen molar-refractivity contribution in [2.45, 2.75) is 53.0 Å². The van der Waals surface area contributed by atoms with E-state index in [4.69, 9.17) is 5.73 Å². The lowest BCUT2D eigenvalue weighted by Gasteiger charge is -2.31. The van der Waals surface area contributed by atoms with Crippen LogP contribution in [-0.4, -0.2) is 24.5 Å². The first-order valence-electron chi connectivity index (χ1n) is 7.91. The van der Waals surface area contributed by atoms with Crippen molar-refractivity contribution in [3.8, 4) is 0 Å². The smallest absolute Gasteiger partial charge is 0.0566 e. The first-order chi connectivity index (χ1) is 9.43. The fourth-order valence-corrected chi connectivity index (χ4v) is 4.52. The van der Waals surface area contributed by atoms with Crippen molar-refractivity contribution in [1.29, 1.82) is 0 Å². The van der Waals surface area contributed by atoms with Crippen LogP contribution in [0, 0.1) is 18.3 Å². The Bertz CT molecular complexity index is 419. The molecule has 3 heteroatoms. The quantitative estimate of drug-likeness (QED) is 0.905. The standard InChI is InChI=1S/C17H30N2S/c1-13-8-11-20-16(13)15(12-18)19-9-5-6-14(7-10-19)17(2,3)4/h8,11,14-15H,5-7,9-10,12,18H2,1-4H3. The molecule has 1 aliphatic heterocycles. The minimum atomic E-state index is 0.425. The predicted octanol–water partition coefficient (Wildman–Crippen LogP) is 4.20. The van der Waals surface area contributed by atoms with Gasteiger partial charge in [0.05, 0.1) is 6.04 Å². The van der Waals surface area contributed by atoms with Gasteiger partial charge in [0.1, 0.15) is 0 Å². The summed E-state index contributed by atoms with van der Waals surface area (Å²) in [6.07, 6.45) is 3.98. The molecule has 2 N–H and O–H groups in total. The lowest BCUT2D eigenvalue weighted by molar-refractivity contribution is 0.186. The van der Waals surface area contributed by atoms with Gasteiger partial charge in [-0.25, -0.2) is 0 Å². The highest BCUT2D eigenvalue weighted by atomic mass is 32.1. The zero-order chi connectivity index (χ0) is 14.8. The average Bonchev–Trinajstić information content (AvgIpc) is 2.65. The molecule has 0 saturated carbocycles. The van der Waals surface area contributed by atoms with E-state index in [2.05, 4.69) is 44.0 Å². The molecule has 1 aromatic rings. The molecule has 0 radical (unpaired) electrons. The van der Waals surface area contributed by atoms with Crippen molar-refractivity contribution in [2.24, 2.45) is 17.1 Å². The van der Waals surface area contributed by atoms with Crippen molar-refractivity contribution in [3.63, 3.8) is 0 Å². The zero-order valence-electron chi connectivity index (χ0n) is 13.5. The van der Waals surface area contributed by atoms with E-state index in [-0.39, 0.29) is 0 Å². The lowest BCUT2D eigenvalue weighted by Crippen LogP contribution is -2.34. The van der Waals surface area contributed by atoms with Crippen LogP contribution in [0.4, 0.5) is 0 Å². The fourth-order valence-electron chi connectivity index (χ4n) is 3.44. The van der Waals surface area contributed by atoms with E-state index in [1.165, 1.54) is 42.8 Å². The molecular formula is C17H30N2S. The maximum absolute atomic E-state index is 6.10. The molecule has 2 heterocycles. The molecule has 0 aromatic carbocycles. The Morgan fingerprint density at radius 3 is 2.65 bits per heavy atom. The highest BCUT2D eigenvalue weighted by molar-refractivity contribution is 7.10. The summed E-state index contributed by atoms with van der Waals surface area (Å²) in [5.41, 5.74) is 7.94. The van der Waals surface area contributed by atoms with Gasteiger partial charge in [0.15, 0.2) is 0 Å². The molecular weight excluding hydrogens is 264 g/mol. The highest BCUT2D eigenvalue weighted by Crippen LogP contribution is 2.36. The third-order valence-electron chi connectivity index (χ3n) is 4.86. The molecule has 2 nitrogen and oxygen atoms in total. The summed E-state index contributed by atoms with van der Waals surface area (Å²) in [4.78, 5) is 4.10. The maximum Gasteiger partial charge on any atom is 0.0566 e. The summed E-state index contributed by atoms with van der Waals surface area (Å²) in [7, 11) is 0. The number of likely N-dealkylation sites (tertiary alicyclic amines) is 1. The van der Waals surface area contributed by atoms with Gasteiger partial charge >= 0.3 is 0 Å². The van der Waals surface area contributed by atoms with Crippen molar-refractivity contribution in [3.05, 3.63) is 21.9 Å². The van der Waals surface area contributed by atoms with Crippen LogP contribution in [-0.2, 0) is 0 Å². The van der Waals surface area contributed by atoms with Crippen LogP contribution >= 0.6 is 11.3 Å². The van der Waals surface area contributed by atoms with Crippen molar-refractivity contribution < 1.29 is 0 Å². The van der Waals surface area contributed by atoms with Crippen molar-refractivity contribution in [1.82, 2.24) is 4.90 Å². The van der Waals surface area contributed by atoms with Gasteiger partial charge in [-0.05, 0) is 67.6 Å². The van der Waals surface area contributed by atoms with Gasteiger partial charge in [-0.1, -0.05) is 20.8 Å². The Morgan fingerprint density at radius 2 is 2.10 bits per heavy atom. The molecule has 1 saturated heterocycles. The third-order valence-corrected chi connectivity index (χ3v) is 5.98. The van der Waals surface area contributed by atoms with Crippen LogP contribution in [0.3, 0.4) is 0 Å². The van der Waals surface area contributed by atoms with Crippen LogP contribution in [0.1, 0.15) is 56.5 Å². The molecule has 0 aliphatic carbocycles. The molecule has 0 spiro atoms. The van der Waals surface area contributed by atoms with Crippen molar-refractivity contribution in [2.75, 3.05) is 19.6 Å². The van der Waals surface area contributed by atoms with E-state index in [0.717, 1.165) is 12.5 Å². The van der Waals surface area contributed by atoms with E-state index in [1.807, 2.05) is 11.3 Å². The molecule has 0 amide bonds. The Labute approximate surface area is 128 Å². The van der Waals surface area contributed by atoms with Crippen LogP contribution in [0.25, 0.3) is 0 Å². The first kappa shape index (κ1) is 16.0. The van der Waals surface area contributed by atoms with Crippen molar-refractivity contribution >= 4 is 11.3 Å². The van der Waals surface area contributed by atoms with Gasteiger partial charge in [-0.2, -0.15) is 0 Å². The minimum absolute atomic E-state index is 0.425. The fraction of sp³-hybridized carbons (Fsp3) is 0.765. The number of thiophene rings is 1. The number of aryl methyl sites for hydroxylation is 1. The van der Waals surface area contributed by atoms with Crippen LogP contribution in [0.5, 0.6) is 0 Å². The Balaban J connectivity index is 2.07. The molecule has 2 unspecified atom stereocenters. The second-order valence-corrected chi connectivity index (χ2v) is 8.20. The van der Waals surface area contributed by atoms with Crippen LogP contribution in [0.15, 0.2) is 11.4 Å². The van der Waals surface area contributed by atoms with Gasteiger partial charge in [0, 0.05) is 11.4 Å². The van der Waals surface area contributed by atoms with Gasteiger partial charge in [0.25, 0.3) is 0 Å². The van der Waals surface area contributed by atoms with Gasteiger partial charge < -0.3 is 5.73 Å². The molecule has 1 fully saturated rings. The summed E-state index contributed by atoms with van der Waals surface area (Å²) >= 11 is 1.87. The Morgan fingerprint density at radius 1 is 1.35 bits per heavy atom. The zero-order valence-corrected chi connectivity index (χ0v) is 14.3. The number of nitrogens with zero attached hydrogens (tertiary/aromatic N) is 1. The normalized spacial score (nSPS) is 23.6. The molecule has 2 rings (SSSR count). The summed E-state index contributed by atoms with van der Waals surface area (Å²) in [5, 5.41) is 2.20. The molecule has 20 heavy (non-hydrogen) atoms. The predicted molar refractivity (Wildman–Crippen MR) is 89.2 cm³/mol. The Hall–Kier alpha value is -0.380. The molecule has 114 valence electrons. The number of rotatable bonds is 3. The molecule has 1 aliphatic rings. The third kappa shape index (κ3) is 3.63. The Kier molecular flexibility index (Phi) is 5.27. The summed E-state index contributed by atoms with van der Waals surface area (Å²) in [6.45, 7) is 12.5. The van der Waals surface area contributed by atoms with Crippen LogP contribution in [0.2, 0.25) is 0 Å². The van der Waals surface area contributed by atoms with E-state index in [0.29, 0.717) is 11.5 Å². The highest BCUT2D eigenvalue weighted by Gasteiger charge is 2.30. The van der Waals surface area contributed by atoms with E-state index >= 15 is 0 Å². The minimum Gasteiger partial charge on any atom is -0.329 e. The topological polar surface area (TPSA) is 29.3 Å².